The van der Waals surface area contributed by atoms with E-state index in [2.05, 4.69) is 22.8 Å². The van der Waals surface area contributed by atoms with Gasteiger partial charge in [0.15, 0.2) is 0 Å². The molecule has 1 unspecified atom stereocenters. The highest BCUT2D eigenvalue weighted by Crippen LogP contribution is 2.45. The van der Waals surface area contributed by atoms with E-state index in [0.717, 1.165) is 32.2 Å². The van der Waals surface area contributed by atoms with Gasteiger partial charge in [0.2, 0.25) is 5.91 Å². The molecule has 1 atom stereocenters. The zero-order valence-electron chi connectivity index (χ0n) is 10.6. The summed E-state index contributed by atoms with van der Waals surface area (Å²) in [6.07, 6.45) is 5.44. The summed E-state index contributed by atoms with van der Waals surface area (Å²) in [7, 11) is 0. The van der Waals surface area contributed by atoms with Crippen LogP contribution in [0.4, 0.5) is 0 Å². The van der Waals surface area contributed by atoms with Crippen molar-refractivity contribution >= 4 is 5.91 Å². The minimum absolute atomic E-state index is 0.0138. The maximum absolute atomic E-state index is 12.3. The SMILES string of the molecule is O=C(NC1(c2ccccc2)CC1)C1CCCCN1. The van der Waals surface area contributed by atoms with Crippen molar-refractivity contribution in [2.24, 2.45) is 0 Å². The largest absolute Gasteiger partial charge is 0.345 e. The summed E-state index contributed by atoms with van der Waals surface area (Å²) in [6, 6.07) is 10.3. The molecule has 18 heavy (non-hydrogen) atoms. The van der Waals surface area contributed by atoms with E-state index in [-0.39, 0.29) is 17.5 Å². The minimum Gasteiger partial charge on any atom is -0.345 e. The first kappa shape index (κ1) is 11.7. The molecule has 0 aromatic heterocycles. The van der Waals surface area contributed by atoms with Crippen LogP contribution in [0.5, 0.6) is 0 Å². The number of rotatable bonds is 3. The van der Waals surface area contributed by atoms with Crippen molar-refractivity contribution in [1.29, 1.82) is 0 Å². The summed E-state index contributed by atoms with van der Waals surface area (Å²) in [5, 5.41) is 6.56. The van der Waals surface area contributed by atoms with Crippen molar-refractivity contribution in [2.45, 2.75) is 43.7 Å². The highest BCUT2D eigenvalue weighted by molar-refractivity contribution is 5.83. The lowest BCUT2D eigenvalue weighted by molar-refractivity contribution is -0.124. The number of nitrogens with one attached hydrogen (secondary N) is 2. The second-order valence-corrected chi connectivity index (χ2v) is 5.44. The normalized spacial score (nSPS) is 25.4. The van der Waals surface area contributed by atoms with Gasteiger partial charge in [0.05, 0.1) is 11.6 Å². The van der Waals surface area contributed by atoms with Gasteiger partial charge in [0, 0.05) is 0 Å². The highest BCUT2D eigenvalue weighted by atomic mass is 16.2. The van der Waals surface area contributed by atoms with Crippen LogP contribution in [0, 0.1) is 0 Å². The van der Waals surface area contributed by atoms with Gasteiger partial charge in [0.25, 0.3) is 0 Å². The summed E-state index contributed by atoms with van der Waals surface area (Å²) in [5.74, 6) is 0.177. The molecule has 2 aliphatic rings. The van der Waals surface area contributed by atoms with E-state index in [4.69, 9.17) is 0 Å². The van der Waals surface area contributed by atoms with Crippen molar-refractivity contribution in [2.75, 3.05) is 6.54 Å². The van der Waals surface area contributed by atoms with Crippen LogP contribution < -0.4 is 10.6 Å². The molecule has 2 fully saturated rings. The fourth-order valence-electron chi connectivity index (χ4n) is 2.77. The molecule has 1 aromatic rings. The monoisotopic (exact) mass is 244 g/mol. The first-order valence-electron chi connectivity index (χ1n) is 6.91. The molecule has 1 saturated carbocycles. The number of carbonyl (C=O) groups excluding carboxylic acids is 1. The summed E-state index contributed by atoms with van der Waals surface area (Å²) in [6.45, 7) is 0.969. The first-order chi connectivity index (χ1) is 8.80. The van der Waals surface area contributed by atoms with E-state index in [1.54, 1.807) is 0 Å². The smallest absolute Gasteiger partial charge is 0.237 e. The number of piperidine rings is 1. The van der Waals surface area contributed by atoms with Crippen molar-refractivity contribution in [3.8, 4) is 0 Å². The van der Waals surface area contributed by atoms with Gasteiger partial charge in [-0.15, -0.1) is 0 Å². The van der Waals surface area contributed by atoms with Crippen LogP contribution in [0.25, 0.3) is 0 Å². The van der Waals surface area contributed by atoms with Gasteiger partial charge in [-0.3, -0.25) is 4.79 Å². The average Bonchev–Trinajstić information content (AvgIpc) is 3.22. The Hall–Kier alpha value is -1.35. The third-order valence-electron chi connectivity index (χ3n) is 4.07. The topological polar surface area (TPSA) is 41.1 Å². The molecule has 96 valence electrons. The number of amides is 1. The van der Waals surface area contributed by atoms with Crippen LogP contribution in [-0.4, -0.2) is 18.5 Å². The predicted octanol–water partition coefficient (Wildman–Crippen LogP) is 1.93. The third kappa shape index (κ3) is 2.27. The van der Waals surface area contributed by atoms with E-state index in [0.29, 0.717) is 0 Å². The van der Waals surface area contributed by atoms with E-state index >= 15 is 0 Å². The Kier molecular flexibility index (Phi) is 3.08. The fourth-order valence-corrected chi connectivity index (χ4v) is 2.77. The molecule has 1 amide bonds. The van der Waals surface area contributed by atoms with Gasteiger partial charge in [-0.2, -0.15) is 0 Å². The van der Waals surface area contributed by atoms with Crippen LogP contribution >= 0.6 is 0 Å². The van der Waals surface area contributed by atoms with Crippen LogP contribution in [0.15, 0.2) is 30.3 Å². The Labute approximate surface area is 108 Å². The fraction of sp³-hybridized carbons (Fsp3) is 0.533. The maximum atomic E-state index is 12.3. The van der Waals surface area contributed by atoms with Crippen molar-refractivity contribution in [1.82, 2.24) is 10.6 Å². The summed E-state index contributed by atoms with van der Waals surface area (Å²) >= 11 is 0. The molecule has 1 aromatic carbocycles. The van der Waals surface area contributed by atoms with Gasteiger partial charge >= 0.3 is 0 Å². The first-order valence-corrected chi connectivity index (χ1v) is 6.91. The Balaban J connectivity index is 1.67. The van der Waals surface area contributed by atoms with E-state index in [1.165, 1.54) is 12.0 Å². The standard InChI is InChI=1S/C15H20N2O/c18-14(13-8-4-5-11-16-13)17-15(9-10-15)12-6-2-1-3-7-12/h1-3,6-7,13,16H,4-5,8-11H2,(H,17,18). The Morgan fingerprint density at radius 1 is 1.22 bits per heavy atom. The summed E-state index contributed by atoms with van der Waals surface area (Å²) in [5.41, 5.74) is 1.17. The van der Waals surface area contributed by atoms with Crippen molar-refractivity contribution in [3.05, 3.63) is 35.9 Å². The summed E-state index contributed by atoms with van der Waals surface area (Å²) < 4.78 is 0. The molecule has 0 bridgehead atoms. The number of carbonyl (C=O) groups is 1. The van der Waals surface area contributed by atoms with Crippen LogP contribution in [0.2, 0.25) is 0 Å². The quantitative estimate of drug-likeness (QED) is 0.853. The molecule has 2 N–H and O–H groups in total. The highest BCUT2D eigenvalue weighted by Gasteiger charge is 2.46. The van der Waals surface area contributed by atoms with Gasteiger partial charge in [-0.25, -0.2) is 0 Å². The molecule has 0 spiro atoms. The minimum atomic E-state index is -0.0720. The molecule has 1 saturated heterocycles. The zero-order valence-corrected chi connectivity index (χ0v) is 10.6. The lowest BCUT2D eigenvalue weighted by atomic mass is 10.0. The van der Waals surface area contributed by atoms with Crippen LogP contribution in [0.1, 0.15) is 37.7 Å². The van der Waals surface area contributed by atoms with Gasteiger partial charge in [-0.1, -0.05) is 36.8 Å². The van der Waals surface area contributed by atoms with E-state index in [9.17, 15) is 4.79 Å². The number of hydrogen-bond donors (Lipinski definition) is 2. The number of hydrogen-bond acceptors (Lipinski definition) is 2. The zero-order chi connectivity index (χ0) is 12.4. The average molecular weight is 244 g/mol. The lowest BCUT2D eigenvalue weighted by Gasteiger charge is -2.26. The molecule has 3 heteroatoms. The molecular weight excluding hydrogens is 224 g/mol. The molecule has 3 rings (SSSR count). The van der Waals surface area contributed by atoms with Crippen molar-refractivity contribution in [3.63, 3.8) is 0 Å². The van der Waals surface area contributed by atoms with Crippen molar-refractivity contribution < 1.29 is 4.79 Å². The van der Waals surface area contributed by atoms with E-state index in [1.807, 2.05) is 18.2 Å². The molecule has 1 aliphatic heterocycles. The van der Waals surface area contributed by atoms with Gasteiger partial charge < -0.3 is 10.6 Å². The molecule has 1 heterocycles. The lowest BCUT2D eigenvalue weighted by Crippen LogP contribution is -2.49. The van der Waals surface area contributed by atoms with E-state index < -0.39 is 0 Å². The number of benzene rings is 1. The second kappa shape index (κ2) is 4.73. The summed E-state index contributed by atoms with van der Waals surface area (Å²) in [4.78, 5) is 12.3. The van der Waals surface area contributed by atoms with Crippen LogP contribution in [0.3, 0.4) is 0 Å². The molecular formula is C15H20N2O. The second-order valence-electron chi connectivity index (χ2n) is 5.44. The molecule has 1 aliphatic carbocycles. The third-order valence-corrected chi connectivity index (χ3v) is 4.07. The maximum Gasteiger partial charge on any atom is 0.237 e. The van der Waals surface area contributed by atoms with Crippen LogP contribution in [-0.2, 0) is 10.3 Å². The Morgan fingerprint density at radius 3 is 2.61 bits per heavy atom. The van der Waals surface area contributed by atoms with Gasteiger partial charge in [-0.05, 0) is 37.8 Å². The Bertz CT molecular complexity index is 419. The van der Waals surface area contributed by atoms with Gasteiger partial charge in [0.1, 0.15) is 0 Å². The Morgan fingerprint density at radius 2 is 2.00 bits per heavy atom. The predicted molar refractivity (Wildman–Crippen MR) is 71.1 cm³/mol. The molecule has 3 nitrogen and oxygen atoms in total. The molecule has 0 radical (unpaired) electrons.